The van der Waals surface area contributed by atoms with E-state index in [0.717, 1.165) is 0 Å². The third kappa shape index (κ3) is 50.6. The second-order valence-electron chi connectivity index (χ2n) is 8.21. The van der Waals surface area contributed by atoms with Crippen molar-refractivity contribution in [2.24, 2.45) is 0 Å². The Morgan fingerprint density at radius 2 is 0.791 bits per heavy atom. The maximum atomic E-state index is 10.9. The average molecular weight is 619 g/mol. The first kappa shape index (κ1) is 51.1. The molecule has 0 aromatic carbocycles. The number of hydrogen-bond donors (Lipinski definition) is 4. The van der Waals surface area contributed by atoms with Gasteiger partial charge in [0.1, 0.15) is 0 Å². The topological polar surface area (TPSA) is 208 Å². The van der Waals surface area contributed by atoms with E-state index in [-0.39, 0.29) is 34.4 Å². The molecule has 0 radical (unpaired) electrons. The quantitative estimate of drug-likeness (QED) is 0.205. The highest BCUT2D eigenvalue weighted by Gasteiger charge is 2.07. The van der Waals surface area contributed by atoms with Gasteiger partial charge in [-0.3, -0.25) is 0 Å². The number of hydrogen-bond acceptors (Lipinski definition) is 9. The van der Waals surface area contributed by atoms with Gasteiger partial charge in [-0.05, 0) is 55.4 Å². The molecule has 0 unspecified atom stereocenters. The van der Waals surface area contributed by atoms with Crippen molar-refractivity contribution in [3.63, 3.8) is 0 Å². The van der Waals surface area contributed by atoms with Crippen LogP contribution < -0.4 is 0 Å². The maximum absolute atomic E-state index is 10.9. The van der Waals surface area contributed by atoms with Crippen LogP contribution in [0.1, 0.15) is 55.4 Å². The standard InChI is InChI=1S/C8H15NO2.C5H11NO2.4C4H6O2/c1-5-9(6-2)11-8(10)7(3)4;1-4-8-5(7)6(2)3;4*1-3(2)4(5)6/h3,5-6H2,1-2,4H3;4H2,1-3H3;4*1H2,2H3,(H,5,6). The summed E-state index contributed by atoms with van der Waals surface area (Å²) in [5.41, 5.74) is 1.13. The van der Waals surface area contributed by atoms with Crippen molar-refractivity contribution in [1.82, 2.24) is 9.96 Å². The zero-order chi connectivity index (χ0) is 36.0. The molecule has 0 heterocycles. The lowest BCUT2D eigenvalue weighted by Crippen LogP contribution is -2.27. The van der Waals surface area contributed by atoms with E-state index in [1.807, 2.05) is 13.8 Å². The minimum Gasteiger partial charge on any atom is -0.478 e. The van der Waals surface area contributed by atoms with Crippen LogP contribution in [-0.2, 0) is 33.5 Å². The van der Waals surface area contributed by atoms with Crippen LogP contribution in [0.3, 0.4) is 0 Å². The summed E-state index contributed by atoms with van der Waals surface area (Å²) in [6.45, 7) is 31.0. The van der Waals surface area contributed by atoms with Crippen LogP contribution in [0.25, 0.3) is 0 Å². The zero-order valence-corrected chi connectivity index (χ0v) is 27.1. The van der Waals surface area contributed by atoms with Gasteiger partial charge in [0.2, 0.25) is 0 Å². The van der Waals surface area contributed by atoms with Crippen LogP contribution >= 0.6 is 0 Å². The van der Waals surface area contributed by atoms with E-state index in [4.69, 9.17) is 25.3 Å². The summed E-state index contributed by atoms with van der Waals surface area (Å²) in [5, 5.41) is 33.1. The molecule has 1 amide bonds. The van der Waals surface area contributed by atoms with E-state index in [2.05, 4.69) is 37.6 Å². The van der Waals surface area contributed by atoms with E-state index in [9.17, 15) is 28.8 Å². The number of carboxylic acids is 4. The van der Waals surface area contributed by atoms with E-state index < -0.39 is 23.9 Å². The van der Waals surface area contributed by atoms with Gasteiger partial charge in [0.25, 0.3) is 0 Å². The van der Waals surface area contributed by atoms with E-state index in [0.29, 0.717) is 25.3 Å². The predicted molar refractivity (Wildman–Crippen MR) is 164 cm³/mol. The Morgan fingerprint density at radius 3 is 0.884 bits per heavy atom. The Hall–Kier alpha value is -4.72. The number of nitrogens with zero attached hydrogens (tertiary/aromatic N) is 2. The van der Waals surface area contributed by atoms with Gasteiger partial charge >= 0.3 is 35.9 Å². The fourth-order valence-corrected chi connectivity index (χ4v) is 0.800. The van der Waals surface area contributed by atoms with Crippen LogP contribution in [0.4, 0.5) is 4.79 Å². The molecular weight excluding hydrogens is 568 g/mol. The molecular formula is C29H50N2O12. The second-order valence-corrected chi connectivity index (χ2v) is 8.21. The van der Waals surface area contributed by atoms with Gasteiger partial charge in [-0.15, -0.1) is 5.06 Å². The molecule has 0 aliphatic carbocycles. The summed E-state index contributed by atoms with van der Waals surface area (Å²) in [5.74, 6) is -4.09. The molecule has 0 aromatic heterocycles. The number of carbonyl (C=O) groups is 6. The Bertz CT molecular complexity index is 819. The minimum atomic E-state index is -0.935. The van der Waals surface area contributed by atoms with Crippen molar-refractivity contribution < 1.29 is 58.8 Å². The molecule has 0 spiro atoms. The smallest absolute Gasteiger partial charge is 0.409 e. The molecule has 14 nitrogen and oxygen atoms in total. The van der Waals surface area contributed by atoms with Gasteiger partial charge < -0.3 is 34.9 Å². The van der Waals surface area contributed by atoms with Crippen LogP contribution in [0, 0.1) is 0 Å². The molecule has 0 aliphatic rings. The van der Waals surface area contributed by atoms with E-state index in [1.54, 1.807) is 33.0 Å². The molecule has 0 atom stereocenters. The zero-order valence-electron chi connectivity index (χ0n) is 27.1. The lowest BCUT2D eigenvalue weighted by atomic mass is 10.4. The molecule has 0 bridgehead atoms. The number of ether oxygens (including phenoxy) is 1. The molecule has 0 saturated heterocycles. The number of amides is 1. The molecule has 14 heteroatoms. The highest BCUT2D eigenvalue weighted by atomic mass is 16.7. The van der Waals surface area contributed by atoms with Gasteiger partial charge in [0, 0.05) is 55.1 Å². The van der Waals surface area contributed by atoms with Crippen LogP contribution in [0.5, 0.6) is 0 Å². The van der Waals surface area contributed by atoms with Crippen molar-refractivity contribution in [2.75, 3.05) is 33.8 Å². The molecule has 43 heavy (non-hydrogen) atoms. The first-order valence-electron chi connectivity index (χ1n) is 12.4. The van der Waals surface area contributed by atoms with Crippen molar-refractivity contribution in [3.05, 3.63) is 60.8 Å². The Labute approximate surface area is 254 Å². The average Bonchev–Trinajstić information content (AvgIpc) is 2.88. The largest absolute Gasteiger partial charge is 0.478 e. The van der Waals surface area contributed by atoms with E-state index >= 15 is 0 Å². The molecule has 4 N–H and O–H groups in total. The van der Waals surface area contributed by atoms with E-state index in [1.165, 1.54) is 32.6 Å². The fraction of sp³-hybridized carbons (Fsp3) is 0.448. The number of carbonyl (C=O) groups excluding carboxylic acids is 2. The summed E-state index contributed by atoms with van der Waals surface area (Å²) in [7, 11) is 3.30. The molecule has 0 rings (SSSR count). The maximum Gasteiger partial charge on any atom is 0.409 e. The number of aliphatic carboxylic acids is 4. The molecule has 248 valence electrons. The molecule has 0 aliphatic heterocycles. The number of hydroxylamine groups is 2. The molecule has 0 aromatic rings. The van der Waals surface area contributed by atoms with Gasteiger partial charge in [-0.1, -0.05) is 32.9 Å². The van der Waals surface area contributed by atoms with Gasteiger partial charge in [0.05, 0.1) is 6.61 Å². The van der Waals surface area contributed by atoms with Crippen molar-refractivity contribution in [2.45, 2.75) is 55.4 Å². The van der Waals surface area contributed by atoms with Crippen molar-refractivity contribution in [3.8, 4) is 0 Å². The summed E-state index contributed by atoms with van der Waals surface area (Å²) < 4.78 is 4.59. The highest BCUT2D eigenvalue weighted by molar-refractivity contribution is 5.87. The lowest BCUT2D eigenvalue weighted by Gasteiger charge is -2.16. The SMILES string of the molecule is C=C(C)C(=O)O.C=C(C)C(=O)O.C=C(C)C(=O)O.C=C(C)C(=O)O.C=C(C)C(=O)ON(CC)CC.CCOC(=O)N(C)C. The van der Waals surface area contributed by atoms with Crippen LogP contribution in [-0.4, -0.2) is 100 Å². The molecule has 0 fully saturated rings. The number of rotatable bonds is 9. The van der Waals surface area contributed by atoms with Gasteiger partial charge in [0.15, 0.2) is 0 Å². The Balaban J connectivity index is -0.0000000974. The Morgan fingerprint density at radius 1 is 0.558 bits per heavy atom. The second kappa shape index (κ2) is 31.8. The van der Waals surface area contributed by atoms with Crippen LogP contribution in [0.2, 0.25) is 0 Å². The first-order valence-corrected chi connectivity index (χ1v) is 12.4. The normalized spacial score (nSPS) is 8.26. The molecule has 0 saturated carbocycles. The first-order chi connectivity index (χ1) is 19.4. The summed E-state index contributed by atoms with van der Waals surface area (Å²) >= 11 is 0. The fourth-order valence-electron chi connectivity index (χ4n) is 0.800. The highest BCUT2D eigenvalue weighted by Crippen LogP contribution is 1.96. The summed E-state index contributed by atoms with van der Waals surface area (Å²) in [6.07, 6.45) is -0.285. The number of carboxylic acid groups (broad SMARTS) is 4. The third-order valence-corrected chi connectivity index (χ3v) is 3.36. The Kier molecular flexibility index (Phi) is 37.8. The summed E-state index contributed by atoms with van der Waals surface area (Å²) in [4.78, 5) is 66.0. The third-order valence-electron chi connectivity index (χ3n) is 3.36. The van der Waals surface area contributed by atoms with Crippen molar-refractivity contribution in [1.29, 1.82) is 0 Å². The predicted octanol–water partition coefficient (Wildman–Crippen LogP) is 4.66. The van der Waals surface area contributed by atoms with Crippen LogP contribution in [0.15, 0.2) is 60.8 Å². The monoisotopic (exact) mass is 618 g/mol. The lowest BCUT2D eigenvalue weighted by molar-refractivity contribution is -0.183. The van der Waals surface area contributed by atoms with Crippen molar-refractivity contribution >= 4 is 35.9 Å². The summed E-state index contributed by atoms with van der Waals surface area (Å²) in [6, 6.07) is 0. The van der Waals surface area contributed by atoms with Gasteiger partial charge in [-0.2, -0.15) is 0 Å². The minimum absolute atomic E-state index is 0.176. The van der Waals surface area contributed by atoms with Gasteiger partial charge in [-0.25, -0.2) is 28.8 Å².